The Labute approximate surface area is 161 Å². The molecule has 134 valence electrons. The van der Waals surface area contributed by atoms with E-state index in [1.807, 2.05) is 18.2 Å². The average molecular weight is 391 g/mol. The molecule has 6 nitrogen and oxygen atoms in total. The minimum atomic E-state index is 0.540. The van der Waals surface area contributed by atoms with Gasteiger partial charge in [-0.3, -0.25) is 0 Å². The summed E-state index contributed by atoms with van der Waals surface area (Å²) in [6, 6.07) is 12.5. The van der Waals surface area contributed by atoms with Crippen molar-refractivity contribution in [3.05, 3.63) is 58.8 Å². The van der Waals surface area contributed by atoms with Crippen LogP contribution in [-0.4, -0.2) is 24.2 Å². The monoisotopic (exact) mass is 390 g/mol. The molecule has 0 bridgehead atoms. The molecule has 2 N–H and O–H groups in total. The van der Waals surface area contributed by atoms with Crippen LogP contribution in [0.3, 0.4) is 0 Å². The summed E-state index contributed by atoms with van der Waals surface area (Å²) in [5.74, 6) is 2.49. The van der Waals surface area contributed by atoms with Crippen LogP contribution in [0.2, 0.25) is 10.0 Å². The number of rotatable bonds is 6. The van der Waals surface area contributed by atoms with Crippen molar-refractivity contribution in [2.75, 3.05) is 24.9 Å². The van der Waals surface area contributed by atoms with E-state index in [0.29, 0.717) is 33.2 Å². The van der Waals surface area contributed by atoms with Crippen LogP contribution in [0.25, 0.3) is 0 Å². The fourth-order valence-corrected chi connectivity index (χ4v) is 2.86. The summed E-state index contributed by atoms with van der Waals surface area (Å²) in [5, 5.41) is 7.43. The maximum Gasteiger partial charge on any atom is 0.162 e. The van der Waals surface area contributed by atoms with Gasteiger partial charge in [0, 0.05) is 33.6 Å². The first-order valence-electron chi connectivity index (χ1n) is 7.61. The van der Waals surface area contributed by atoms with Crippen LogP contribution in [0.5, 0.6) is 11.5 Å². The predicted octanol–water partition coefficient (Wildman–Crippen LogP) is 5.29. The van der Waals surface area contributed by atoms with E-state index in [1.54, 1.807) is 38.5 Å². The highest BCUT2D eigenvalue weighted by atomic mass is 35.5. The van der Waals surface area contributed by atoms with Crippen molar-refractivity contribution in [3.63, 3.8) is 0 Å². The Morgan fingerprint density at radius 1 is 0.731 bits per heavy atom. The highest BCUT2D eigenvalue weighted by Crippen LogP contribution is 2.31. The van der Waals surface area contributed by atoms with Crippen molar-refractivity contribution in [1.29, 1.82) is 0 Å². The zero-order valence-electron chi connectivity index (χ0n) is 14.1. The van der Waals surface area contributed by atoms with E-state index in [-0.39, 0.29) is 0 Å². The SMILES string of the molecule is COc1ccc(Nc2cc(Nc3cc(Cl)cc(Cl)c3)ncn2)cc1OC. The van der Waals surface area contributed by atoms with E-state index >= 15 is 0 Å². The Morgan fingerprint density at radius 2 is 1.35 bits per heavy atom. The predicted molar refractivity (Wildman–Crippen MR) is 105 cm³/mol. The Morgan fingerprint density at radius 3 is 1.96 bits per heavy atom. The largest absolute Gasteiger partial charge is 0.493 e. The van der Waals surface area contributed by atoms with Gasteiger partial charge in [-0.15, -0.1) is 0 Å². The minimum absolute atomic E-state index is 0.540. The van der Waals surface area contributed by atoms with Gasteiger partial charge >= 0.3 is 0 Å². The van der Waals surface area contributed by atoms with Crippen molar-refractivity contribution in [3.8, 4) is 11.5 Å². The maximum absolute atomic E-state index is 6.02. The van der Waals surface area contributed by atoms with Gasteiger partial charge in [0.2, 0.25) is 0 Å². The summed E-state index contributed by atoms with van der Waals surface area (Å²) in [5.41, 5.74) is 1.54. The molecule has 0 unspecified atom stereocenters. The fraction of sp³-hybridized carbons (Fsp3) is 0.111. The summed E-state index contributed by atoms with van der Waals surface area (Å²) in [7, 11) is 3.18. The molecule has 0 aliphatic heterocycles. The Balaban J connectivity index is 1.79. The number of benzene rings is 2. The smallest absolute Gasteiger partial charge is 0.162 e. The molecule has 0 atom stereocenters. The quantitative estimate of drug-likeness (QED) is 0.595. The molecule has 0 radical (unpaired) electrons. The molecule has 26 heavy (non-hydrogen) atoms. The van der Waals surface area contributed by atoms with Crippen LogP contribution in [0.1, 0.15) is 0 Å². The molecule has 0 spiro atoms. The molecule has 0 saturated heterocycles. The molecular weight excluding hydrogens is 375 g/mol. The van der Waals surface area contributed by atoms with E-state index in [9.17, 15) is 0 Å². The lowest BCUT2D eigenvalue weighted by Gasteiger charge is -2.12. The fourth-order valence-electron chi connectivity index (χ4n) is 2.33. The molecule has 0 aliphatic carbocycles. The number of halogens is 2. The molecule has 0 aliphatic rings. The summed E-state index contributed by atoms with van der Waals surface area (Å²) < 4.78 is 10.5. The molecule has 3 rings (SSSR count). The molecule has 3 aromatic rings. The van der Waals surface area contributed by atoms with Crippen LogP contribution in [0, 0.1) is 0 Å². The number of nitrogens with zero attached hydrogens (tertiary/aromatic N) is 2. The third-order valence-corrected chi connectivity index (χ3v) is 3.89. The number of methoxy groups -OCH3 is 2. The van der Waals surface area contributed by atoms with Gasteiger partial charge in [-0.2, -0.15) is 0 Å². The van der Waals surface area contributed by atoms with E-state index < -0.39 is 0 Å². The lowest BCUT2D eigenvalue weighted by Crippen LogP contribution is -1.99. The Bertz CT molecular complexity index is 901. The zero-order chi connectivity index (χ0) is 18.5. The van der Waals surface area contributed by atoms with Gasteiger partial charge in [-0.25, -0.2) is 9.97 Å². The van der Waals surface area contributed by atoms with E-state index in [0.717, 1.165) is 11.4 Å². The standard InChI is InChI=1S/C18H16Cl2N4O2/c1-25-15-4-3-13(8-16(15)26-2)23-17-9-18(22-10-21-17)24-14-6-11(19)5-12(20)7-14/h3-10H,1-2H3,(H2,21,22,23,24). The number of anilines is 4. The molecular formula is C18H16Cl2N4O2. The lowest BCUT2D eigenvalue weighted by atomic mass is 10.2. The second-order valence-corrected chi connectivity index (χ2v) is 6.14. The van der Waals surface area contributed by atoms with Crippen molar-refractivity contribution >= 4 is 46.2 Å². The highest BCUT2D eigenvalue weighted by Gasteiger charge is 2.06. The van der Waals surface area contributed by atoms with Gasteiger partial charge in [0.1, 0.15) is 18.0 Å². The molecule has 1 aromatic heterocycles. The van der Waals surface area contributed by atoms with Crippen LogP contribution in [0.4, 0.5) is 23.0 Å². The van der Waals surface area contributed by atoms with E-state index in [4.69, 9.17) is 32.7 Å². The maximum atomic E-state index is 6.02. The third-order valence-electron chi connectivity index (χ3n) is 3.46. The molecule has 8 heteroatoms. The highest BCUT2D eigenvalue weighted by molar-refractivity contribution is 6.35. The van der Waals surface area contributed by atoms with Crippen molar-refractivity contribution in [2.45, 2.75) is 0 Å². The molecule has 0 saturated carbocycles. The zero-order valence-corrected chi connectivity index (χ0v) is 15.6. The molecule has 0 fully saturated rings. The Hall–Kier alpha value is -2.70. The molecule has 1 heterocycles. The number of nitrogens with one attached hydrogen (secondary N) is 2. The van der Waals surface area contributed by atoms with Crippen LogP contribution < -0.4 is 20.1 Å². The minimum Gasteiger partial charge on any atom is -0.493 e. The van der Waals surface area contributed by atoms with Crippen molar-refractivity contribution < 1.29 is 9.47 Å². The second kappa shape index (κ2) is 8.12. The Kier molecular flexibility index (Phi) is 5.65. The normalized spacial score (nSPS) is 10.3. The number of ether oxygens (including phenoxy) is 2. The summed E-state index contributed by atoms with van der Waals surface area (Å²) in [4.78, 5) is 8.43. The van der Waals surface area contributed by atoms with Crippen LogP contribution >= 0.6 is 23.2 Å². The molecule has 0 amide bonds. The first kappa shape index (κ1) is 18.1. The summed E-state index contributed by atoms with van der Waals surface area (Å²) >= 11 is 12.0. The first-order chi connectivity index (χ1) is 12.6. The van der Waals surface area contributed by atoms with Gasteiger partial charge < -0.3 is 20.1 Å². The topological polar surface area (TPSA) is 68.3 Å². The van der Waals surface area contributed by atoms with Crippen molar-refractivity contribution in [1.82, 2.24) is 9.97 Å². The van der Waals surface area contributed by atoms with Crippen molar-refractivity contribution in [2.24, 2.45) is 0 Å². The molecule has 2 aromatic carbocycles. The average Bonchev–Trinajstić information content (AvgIpc) is 2.61. The van der Waals surface area contributed by atoms with Gasteiger partial charge in [0.15, 0.2) is 11.5 Å². The van der Waals surface area contributed by atoms with Gasteiger partial charge in [0.05, 0.1) is 14.2 Å². The second-order valence-electron chi connectivity index (χ2n) is 5.27. The van der Waals surface area contributed by atoms with E-state index in [1.165, 1.54) is 6.33 Å². The number of hydrogen-bond acceptors (Lipinski definition) is 6. The first-order valence-corrected chi connectivity index (χ1v) is 8.37. The number of hydrogen-bond donors (Lipinski definition) is 2. The van der Waals surface area contributed by atoms with Gasteiger partial charge in [0.25, 0.3) is 0 Å². The van der Waals surface area contributed by atoms with Crippen LogP contribution in [-0.2, 0) is 0 Å². The lowest BCUT2D eigenvalue weighted by molar-refractivity contribution is 0.355. The number of aromatic nitrogens is 2. The third kappa shape index (κ3) is 4.47. The van der Waals surface area contributed by atoms with Crippen LogP contribution in [0.15, 0.2) is 48.8 Å². The summed E-state index contributed by atoms with van der Waals surface area (Å²) in [6.45, 7) is 0. The summed E-state index contributed by atoms with van der Waals surface area (Å²) in [6.07, 6.45) is 1.46. The van der Waals surface area contributed by atoms with E-state index in [2.05, 4.69) is 20.6 Å². The van der Waals surface area contributed by atoms with Gasteiger partial charge in [-0.05, 0) is 30.3 Å². The van der Waals surface area contributed by atoms with Gasteiger partial charge in [-0.1, -0.05) is 23.2 Å².